The second kappa shape index (κ2) is 9.02. The predicted molar refractivity (Wildman–Crippen MR) is 75.0 cm³/mol. The molecule has 0 aliphatic heterocycles. The van der Waals surface area contributed by atoms with Crippen molar-refractivity contribution in [3.8, 4) is 0 Å². The zero-order valence-electron chi connectivity index (χ0n) is 11.8. The van der Waals surface area contributed by atoms with E-state index in [2.05, 4.69) is 0 Å². The molecule has 0 N–H and O–H groups in total. The Bertz CT molecular complexity index is 451. The molecule has 1 aromatic rings. The standard InChI is InChI=1S/C16H20O4/c1-2-14(17)10-6-7-11-15(18)16(19)20-12-13-8-4-3-5-9-13/h3-5,8-9H,2,6-7,10-12H2,1H3. The van der Waals surface area contributed by atoms with E-state index in [1.165, 1.54) is 0 Å². The van der Waals surface area contributed by atoms with Crippen LogP contribution in [-0.4, -0.2) is 17.5 Å². The fraction of sp³-hybridized carbons (Fsp3) is 0.438. The van der Waals surface area contributed by atoms with Gasteiger partial charge in [0.1, 0.15) is 12.4 Å². The van der Waals surface area contributed by atoms with E-state index >= 15 is 0 Å². The first-order valence-corrected chi connectivity index (χ1v) is 6.89. The van der Waals surface area contributed by atoms with Crippen LogP contribution in [0.5, 0.6) is 0 Å². The van der Waals surface area contributed by atoms with Crippen molar-refractivity contribution < 1.29 is 19.1 Å². The van der Waals surface area contributed by atoms with Crippen LogP contribution < -0.4 is 0 Å². The van der Waals surface area contributed by atoms with E-state index in [0.29, 0.717) is 25.7 Å². The van der Waals surface area contributed by atoms with Crippen molar-refractivity contribution in [2.45, 2.75) is 45.6 Å². The molecule has 0 fully saturated rings. The number of hydrogen-bond donors (Lipinski definition) is 0. The van der Waals surface area contributed by atoms with Gasteiger partial charge < -0.3 is 4.74 Å². The van der Waals surface area contributed by atoms with Crippen molar-refractivity contribution >= 4 is 17.5 Å². The number of carbonyl (C=O) groups is 3. The van der Waals surface area contributed by atoms with Crippen molar-refractivity contribution in [3.05, 3.63) is 35.9 Å². The minimum atomic E-state index is -0.796. The molecule has 4 nitrogen and oxygen atoms in total. The summed E-state index contributed by atoms with van der Waals surface area (Å²) >= 11 is 0. The highest BCUT2D eigenvalue weighted by molar-refractivity contribution is 6.33. The number of rotatable bonds is 9. The van der Waals surface area contributed by atoms with E-state index in [-0.39, 0.29) is 18.8 Å². The molecule has 0 heterocycles. The van der Waals surface area contributed by atoms with Crippen molar-refractivity contribution in [1.29, 1.82) is 0 Å². The van der Waals surface area contributed by atoms with Gasteiger partial charge in [-0.05, 0) is 18.4 Å². The Labute approximate surface area is 119 Å². The third kappa shape index (κ3) is 6.27. The Balaban J connectivity index is 2.19. The topological polar surface area (TPSA) is 60.4 Å². The Hall–Kier alpha value is -1.97. The summed E-state index contributed by atoms with van der Waals surface area (Å²) in [5.41, 5.74) is 0.849. The molecule has 108 valence electrons. The summed E-state index contributed by atoms with van der Waals surface area (Å²) in [4.78, 5) is 34.1. The number of hydrogen-bond acceptors (Lipinski definition) is 4. The van der Waals surface area contributed by atoms with E-state index in [0.717, 1.165) is 5.56 Å². The molecule has 0 aliphatic rings. The molecule has 0 atom stereocenters. The van der Waals surface area contributed by atoms with Crippen molar-refractivity contribution in [1.82, 2.24) is 0 Å². The van der Waals surface area contributed by atoms with Gasteiger partial charge in [0.15, 0.2) is 0 Å². The molecule has 0 unspecified atom stereocenters. The quantitative estimate of drug-likeness (QED) is 0.395. The van der Waals surface area contributed by atoms with E-state index in [9.17, 15) is 14.4 Å². The fourth-order valence-electron chi connectivity index (χ4n) is 1.69. The lowest BCUT2D eigenvalue weighted by atomic mass is 10.1. The van der Waals surface area contributed by atoms with Crippen LogP contribution in [0.4, 0.5) is 0 Å². The van der Waals surface area contributed by atoms with Crippen LogP contribution in [0.1, 0.15) is 44.6 Å². The van der Waals surface area contributed by atoms with Crippen LogP contribution >= 0.6 is 0 Å². The minimum absolute atomic E-state index is 0.111. The van der Waals surface area contributed by atoms with E-state index in [1.807, 2.05) is 37.3 Å². The summed E-state index contributed by atoms with van der Waals surface area (Å²) in [6.07, 6.45) is 2.33. The molecule has 0 amide bonds. The Morgan fingerprint density at radius 2 is 1.65 bits per heavy atom. The third-order valence-electron chi connectivity index (χ3n) is 2.94. The highest BCUT2D eigenvalue weighted by Gasteiger charge is 2.15. The summed E-state index contributed by atoms with van der Waals surface area (Å²) in [6, 6.07) is 9.21. The van der Waals surface area contributed by atoms with Gasteiger partial charge in [0.25, 0.3) is 0 Å². The maximum Gasteiger partial charge on any atom is 0.374 e. The van der Waals surface area contributed by atoms with Crippen LogP contribution in [0.3, 0.4) is 0 Å². The van der Waals surface area contributed by atoms with Crippen LogP contribution in [0.2, 0.25) is 0 Å². The lowest BCUT2D eigenvalue weighted by Gasteiger charge is -2.04. The largest absolute Gasteiger partial charge is 0.455 e. The second-order valence-corrected chi connectivity index (χ2v) is 4.58. The van der Waals surface area contributed by atoms with Gasteiger partial charge in [0.2, 0.25) is 5.78 Å². The Morgan fingerprint density at radius 3 is 2.30 bits per heavy atom. The molecule has 0 aromatic heterocycles. The van der Waals surface area contributed by atoms with Gasteiger partial charge >= 0.3 is 5.97 Å². The van der Waals surface area contributed by atoms with Gasteiger partial charge in [0.05, 0.1) is 0 Å². The number of ether oxygens (including phenoxy) is 1. The zero-order valence-corrected chi connectivity index (χ0v) is 11.8. The van der Waals surface area contributed by atoms with Gasteiger partial charge in [-0.15, -0.1) is 0 Å². The maximum absolute atomic E-state index is 11.5. The molecule has 0 saturated carbocycles. The SMILES string of the molecule is CCC(=O)CCCCC(=O)C(=O)OCc1ccccc1. The molecular formula is C16H20O4. The van der Waals surface area contributed by atoms with Gasteiger partial charge in [-0.25, -0.2) is 4.79 Å². The first kappa shape index (κ1) is 16.1. The molecule has 1 rings (SSSR count). The van der Waals surface area contributed by atoms with Crippen LogP contribution in [0.15, 0.2) is 30.3 Å². The number of unbranched alkanes of at least 4 members (excludes halogenated alkanes) is 1. The van der Waals surface area contributed by atoms with Crippen molar-refractivity contribution in [3.63, 3.8) is 0 Å². The average molecular weight is 276 g/mol. The summed E-state index contributed by atoms with van der Waals surface area (Å²) in [5.74, 6) is -1.13. The van der Waals surface area contributed by atoms with Gasteiger partial charge in [0, 0.05) is 19.3 Å². The maximum atomic E-state index is 11.5. The smallest absolute Gasteiger partial charge is 0.374 e. The minimum Gasteiger partial charge on any atom is -0.455 e. The molecule has 0 bridgehead atoms. The van der Waals surface area contributed by atoms with Crippen LogP contribution in [0, 0.1) is 0 Å². The number of carbonyl (C=O) groups excluding carboxylic acids is 3. The number of benzene rings is 1. The number of ketones is 2. The number of Topliss-reactive ketones (excluding diaryl/α,β-unsaturated/α-hetero) is 2. The molecule has 0 aliphatic carbocycles. The van der Waals surface area contributed by atoms with E-state index < -0.39 is 11.8 Å². The van der Waals surface area contributed by atoms with Gasteiger partial charge in [-0.3, -0.25) is 9.59 Å². The molecule has 0 saturated heterocycles. The van der Waals surface area contributed by atoms with Crippen LogP contribution in [-0.2, 0) is 25.7 Å². The summed E-state index contributed by atoms with van der Waals surface area (Å²) < 4.78 is 4.93. The normalized spacial score (nSPS) is 10.1. The fourth-order valence-corrected chi connectivity index (χ4v) is 1.69. The summed E-state index contributed by atoms with van der Waals surface area (Å²) in [6.45, 7) is 1.92. The highest BCUT2D eigenvalue weighted by atomic mass is 16.5. The van der Waals surface area contributed by atoms with E-state index in [4.69, 9.17) is 4.74 Å². The molecule has 0 radical (unpaired) electrons. The lowest BCUT2D eigenvalue weighted by molar-refractivity contribution is -0.154. The van der Waals surface area contributed by atoms with Crippen molar-refractivity contribution in [2.24, 2.45) is 0 Å². The third-order valence-corrected chi connectivity index (χ3v) is 2.94. The monoisotopic (exact) mass is 276 g/mol. The summed E-state index contributed by atoms with van der Waals surface area (Å²) in [7, 11) is 0. The Morgan fingerprint density at radius 1 is 1.00 bits per heavy atom. The first-order valence-electron chi connectivity index (χ1n) is 6.89. The molecule has 0 spiro atoms. The summed E-state index contributed by atoms with van der Waals surface area (Å²) in [5, 5.41) is 0. The molecule has 20 heavy (non-hydrogen) atoms. The average Bonchev–Trinajstić information content (AvgIpc) is 2.49. The Kier molecular flexibility index (Phi) is 7.25. The first-order chi connectivity index (χ1) is 9.63. The highest BCUT2D eigenvalue weighted by Crippen LogP contribution is 2.05. The number of esters is 1. The molecule has 1 aromatic carbocycles. The zero-order chi connectivity index (χ0) is 14.8. The van der Waals surface area contributed by atoms with Gasteiger partial charge in [-0.2, -0.15) is 0 Å². The van der Waals surface area contributed by atoms with Gasteiger partial charge in [-0.1, -0.05) is 37.3 Å². The molecule has 4 heteroatoms. The van der Waals surface area contributed by atoms with Crippen molar-refractivity contribution in [2.75, 3.05) is 0 Å². The molecular weight excluding hydrogens is 256 g/mol. The lowest BCUT2D eigenvalue weighted by Crippen LogP contribution is -2.17. The van der Waals surface area contributed by atoms with E-state index in [1.54, 1.807) is 0 Å². The van der Waals surface area contributed by atoms with Crippen LogP contribution in [0.25, 0.3) is 0 Å². The predicted octanol–water partition coefficient (Wildman–Crippen LogP) is 2.84. The second-order valence-electron chi connectivity index (χ2n) is 4.58.